The number of benzene rings is 1. The summed E-state index contributed by atoms with van der Waals surface area (Å²) >= 11 is 0. The highest BCUT2D eigenvalue weighted by molar-refractivity contribution is 5.94. The van der Waals surface area contributed by atoms with Gasteiger partial charge in [0, 0.05) is 11.6 Å². The van der Waals surface area contributed by atoms with Crippen LogP contribution in [0.4, 0.5) is 19.0 Å². The van der Waals surface area contributed by atoms with E-state index in [0.29, 0.717) is 5.82 Å². The summed E-state index contributed by atoms with van der Waals surface area (Å²) in [7, 11) is 0. The molecular weight excluding hydrogens is 511 g/mol. The molecule has 39 heavy (non-hydrogen) atoms. The zero-order chi connectivity index (χ0) is 27.9. The van der Waals surface area contributed by atoms with Gasteiger partial charge in [-0.1, -0.05) is 50.5 Å². The first-order chi connectivity index (χ1) is 18.4. The van der Waals surface area contributed by atoms with Crippen LogP contribution >= 0.6 is 0 Å². The minimum absolute atomic E-state index is 0.0681. The molecule has 3 atom stereocenters. The molecule has 2 aromatic heterocycles. The Morgan fingerprint density at radius 1 is 1.05 bits per heavy atom. The second-order valence-corrected chi connectivity index (χ2v) is 11.3. The lowest BCUT2D eigenvalue weighted by atomic mass is 9.94. The molecular formula is C28H30F3N5O3. The Hall–Kier alpha value is -3.76. The maximum atomic E-state index is 12.9. The fraction of sp³-hybridized carbons (Fsp3) is 0.464. The Kier molecular flexibility index (Phi) is 6.94. The van der Waals surface area contributed by atoms with Crippen molar-refractivity contribution in [3.05, 3.63) is 59.4 Å². The van der Waals surface area contributed by atoms with E-state index in [0.717, 1.165) is 47.9 Å². The number of aromatic nitrogens is 3. The van der Waals surface area contributed by atoms with Gasteiger partial charge in [-0.15, -0.1) is 0 Å². The van der Waals surface area contributed by atoms with Gasteiger partial charge in [0.1, 0.15) is 5.82 Å². The highest BCUT2D eigenvalue weighted by Gasteiger charge is 2.58. The third-order valence-electron chi connectivity index (χ3n) is 7.20. The number of hydrogen-bond acceptors (Lipinski definition) is 6. The predicted molar refractivity (Wildman–Crippen MR) is 137 cm³/mol. The zero-order valence-electron chi connectivity index (χ0n) is 21.9. The van der Waals surface area contributed by atoms with Crippen molar-refractivity contribution < 1.29 is 27.3 Å². The van der Waals surface area contributed by atoms with E-state index in [1.165, 1.54) is 6.20 Å². The Balaban J connectivity index is 1.31. The summed E-state index contributed by atoms with van der Waals surface area (Å²) in [6.45, 7) is 5.82. The Morgan fingerprint density at radius 3 is 2.51 bits per heavy atom. The molecule has 0 unspecified atom stereocenters. The maximum absolute atomic E-state index is 12.9. The van der Waals surface area contributed by atoms with Crippen LogP contribution < -0.4 is 10.6 Å². The number of nitrogens with one attached hydrogen (secondary N) is 2. The fourth-order valence-electron chi connectivity index (χ4n) is 4.90. The van der Waals surface area contributed by atoms with E-state index in [2.05, 4.69) is 25.8 Å². The van der Waals surface area contributed by atoms with E-state index in [-0.39, 0.29) is 29.6 Å². The Labute approximate surface area is 223 Å². The number of carbonyl (C=O) groups excluding carboxylic acids is 2. The van der Waals surface area contributed by atoms with Crippen LogP contribution in [-0.2, 0) is 16.6 Å². The van der Waals surface area contributed by atoms with Crippen LogP contribution in [0.15, 0.2) is 41.1 Å². The number of carbonyl (C=O) groups is 2. The number of rotatable bonds is 5. The largest absolute Gasteiger partial charge is 0.392 e. The minimum atomic E-state index is -4.36. The summed E-state index contributed by atoms with van der Waals surface area (Å²) in [6, 6.07) is 9.17. The number of alkyl halides is 3. The minimum Gasteiger partial charge on any atom is -0.341 e. The third kappa shape index (κ3) is 5.97. The monoisotopic (exact) mass is 541 g/mol. The summed E-state index contributed by atoms with van der Waals surface area (Å²) in [4.78, 5) is 33.6. The molecule has 1 aromatic carbocycles. The molecule has 2 heterocycles. The second kappa shape index (κ2) is 10.1. The van der Waals surface area contributed by atoms with Crippen LogP contribution in [0.3, 0.4) is 0 Å². The van der Waals surface area contributed by atoms with Crippen molar-refractivity contribution in [1.82, 2.24) is 20.4 Å². The summed E-state index contributed by atoms with van der Waals surface area (Å²) in [5.41, 5.74) is 3.41. The molecule has 2 amide bonds. The van der Waals surface area contributed by atoms with Crippen molar-refractivity contribution in [2.45, 2.75) is 70.5 Å². The van der Waals surface area contributed by atoms with Crippen molar-refractivity contribution in [2.24, 2.45) is 11.8 Å². The van der Waals surface area contributed by atoms with Crippen molar-refractivity contribution in [3.8, 4) is 11.1 Å². The Bertz CT molecular complexity index is 1400. The van der Waals surface area contributed by atoms with Crippen LogP contribution in [0.2, 0.25) is 0 Å². The summed E-state index contributed by atoms with van der Waals surface area (Å²) in [5.74, 6) is -3.14. The molecule has 3 aromatic rings. The number of nitrogens with zero attached hydrogens (tertiary/aromatic N) is 3. The molecule has 1 saturated carbocycles. The molecule has 5 rings (SSSR count). The van der Waals surface area contributed by atoms with Crippen molar-refractivity contribution >= 4 is 17.6 Å². The standard InChI is InChI=1S/C28H30F3N5O3/c1-27(2,3)26-35-25(39-36-26)24(38)33-21-7-5-4-6-17-12-15(8-9-18(17)21)16-10-11-32-22(13-16)34-23(37)19-14-20(19)28(29,30)31/h8-13,19-21H,4-7,14H2,1-3H3,(H,33,38)(H,32,34,37)/t19-,20-,21-/m0/s1. The average Bonchev–Trinajstić information content (AvgIpc) is 3.58. The van der Waals surface area contributed by atoms with Crippen LogP contribution in [-0.4, -0.2) is 33.1 Å². The van der Waals surface area contributed by atoms with Crippen LogP contribution in [0.25, 0.3) is 11.1 Å². The number of pyridine rings is 1. The van der Waals surface area contributed by atoms with Gasteiger partial charge in [0.15, 0.2) is 5.82 Å². The summed E-state index contributed by atoms with van der Waals surface area (Å²) in [6.07, 6.45) is 0.445. The van der Waals surface area contributed by atoms with E-state index in [4.69, 9.17) is 4.52 Å². The molecule has 0 saturated heterocycles. The van der Waals surface area contributed by atoms with Gasteiger partial charge in [0.25, 0.3) is 0 Å². The van der Waals surface area contributed by atoms with E-state index in [1.54, 1.807) is 12.1 Å². The predicted octanol–water partition coefficient (Wildman–Crippen LogP) is 5.76. The first kappa shape index (κ1) is 26.8. The van der Waals surface area contributed by atoms with E-state index >= 15 is 0 Å². The van der Waals surface area contributed by atoms with Crippen molar-refractivity contribution in [1.29, 1.82) is 0 Å². The number of anilines is 1. The highest BCUT2D eigenvalue weighted by Crippen LogP contribution is 2.50. The second-order valence-electron chi connectivity index (χ2n) is 11.3. The van der Waals surface area contributed by atoms with E-state index in [9.17, 15) is 22.8 Å². The van der Waals surface area contributed by atoms with Gasteiger partial charge in [-0.3, -0.25) is 9.59 Å². The quantitative estimate of drug-likeness (QED) is 0.397. The summed E-state index contributed by atoms with van der Waals surface area (Å²) < 4.78 is 43.7. The van der Waals surface area contributed by atoms with Crippen molar-refractivity contribution in [3.63, 3.8) is 0 Å². The third-order valence-corrected chi connectivity index (χ3v) is 7.20. The summed E-state index contributed by atoms with van der Waals surface area (Å²) in [5, 5.41) is 9.50. The molecule has 0 radical (unpaired) electrons. The van der Waals surface area contributed by atoms with Gasteiger partial charge in [-0.2, -0.15) is 18.2 Å². The van der Waals surface area contributed by atoms with E-state index < -0.39 is 29.8 Å². The Morgan fingerprint density at radius 2 is 1.82 bits per heavy atom. The molecule has 0 aliphatic heterocycles. The molecule has 2 aliphatic carbocycles. The van der Waals surface area contributed by atoms with Crippen LogP contribution in [0.5, 0.6) is 0 Å². The van der Waals surface area contributed by atoms with Crippen LogP contribution in [0.1, 0.15) is 80.1 Å². The number of halogens is 3. The normalized spacial score (nSPS) is 21.0. The van der Waals surface area contributed by atoms with Gasteiger partial charge in [0.2, 0.25) is 5.91 Å². The highest BCUT2D eigenvalue weighted by atomic mass is 19.4. The van der Waals surface area contributed by atoms with Gasteiger partial charge < -0.3 is 15.2 Å². The maximum Gasteiger partial charge on any atom is 0.392 e. The van der Waals surface area contributed by atoms with E-state index in [1.807, 2.05) is 39.0 Å². The fourth-order valence-corrected chi connectivity index (χ4v) is 4.90. The first-order valence-corrected chi connectivity index (χ1v) is 13.0. The number of fused-ring (bicyclic) bond motifs is 1. The number of aryl methyl sites for hydroxylation is 1. The smallest absolute Gasteiger partial charge is 0.341 e. The lowest BCUT2D eigenvalue weighted by molar-refractivity contribution is -0.153. The molecule has 2 aliphatic rings. The number of amides is 2. The van der Waals surface area contributed by atoms with Gasteiger partial charge >= 0.3 is 18.0 Å². The molecule has 206 valence electrons. The van der Waals surface area contributed by atoms with Gasteiger partial charge in [0.05, 0.1) is 17.9 Å². The van der Waals surface area contributed by atoms with Gasteiger partial charge in [-0.25, -0.2) is 4.98 Å². The van der Waals surface area contributed by atoms with Crippen LogP contribution in [0, 0.1) is 11.8 Å². The SMILES string of the molecule is CC(C)(C)c1noc(C(=O)N[C@H]2CCCCc3cc(-c4ccnc(NC(=O)[C@H]5C[C@@H]5C(F)(F)F)c4)ccc32)n1. The average molecular weight is 542 g/mol. The lowest BCUT2D eigenvalue weighted by Crippen LogP contribution is -2.29. The zero-order valence-corrected chi connectivity index (χ0v) is 21.9. The van der Waals surface area contributed by atoms with Crippen molar-refractivity contribution in [2.75, 3.05) is 5.32 Å². The molecule has 0 spiro atoms. The molecule has 11 heteroatoms. The molecule has 0 bridgehead atoms. The lowest BCUT2D eigenvalue weighted by Gasteiger charge is -2.19. The molecule has 8 nitrogen and oxygen atoms in total. The topological polar surface area (TPSA) is 110 Å². The molecule has 1 fully saturated rings. The molecule has 2 N–H and O–H groups in total. The first-order valence-electron chi connectivity index (χ1n) is 13.0. The number of hydrogen-bond donors (Lipinski definition) is 2. The van der Waals surface area contributed by atoms with Gasteiger partial charge in [-0.05, 0) is 60.1 Å².